The lowest BCUT2D eigenvalue weighted by molar-refractivity contribution is 0.270. The van der Waals surface area contributed by atoms with Gasteiger partial charge in [0.2, 0.25) is 0 Å². The summed E-state index contributed by atoms with van der Waals surface area (Å²) in [7, 11) is 0. The molecule has 1 aromatic rings. The Morgan fingerprint density at radius 1 is 1.38 bits per heavy atom. The van der Waals surface area contributed by atoms with Crippen LogP contribution in [0.2, 0.25) is 0 Å². The molecular formula is C13H23N3. The van der Waals surface area contributed by atoms with Gasteiger partial charge >= 0.3 is 0 Å². The van der Waals surface area contributed by atoms with Crippen molar-refractivity contribution < 1.29 is 0 Å². The summed E-state index contributed by atoms with van der Waals surface area (Å²) >= 11 is 0. The molecule has 0 amide bonds. The van der Waals surface area contributed by atoms with E-state index >= 15 is 0 Å². The lowest BCUT2D eigenvalue weighted by atomic mass is 10.2. The minimum absolute atomic E-state index is 0.514. The lowest BCUT2D eigenvalue weighted by Gasteiger charge is -2.23. The summed E-state index contributed by atoms with van der Waals surface area (Å²) in [4.78, 5) is 6.54. The standard InChI is InChI=1S/C13H23N3/c1-4-16(5-2)11-12(3)15-10-13-7-6-8-14-9-13/h6-9,12,15H,4-5,10-11H2,1-3H3. The maximum atomic E-state index is 4.11. The summed E-state index contributed by atoms with van der Waals surface area (Å²) < 4.78 is 0. The predicted octanol–water partition coefficient (Wildman–Crippen LogP) is 1.90. The first-order chi connectivity index (χ1) is 7.76. The highest BCUT2D eigenvalue weighted by atomic mass is 15.1. The Labute approximate surface area is 98.9 Å². The molecule has 0 aromatic carbocycles. The number of rotatable bonds is 7. The molecule has 3 nitrogen and oxygen atoms in total. The maximum Gasteiger partial charge on any atom is 0.0312 e. The van der Waals surface area contributed by atoms with Crippen LogP contribution in [-0.2, 0) is 6.54 Å². The van der Waals surface area contributed by atoms with Crippen molar-refractivity contribution in [1.82, 2.24) is 15.2 Å². The Kier molecular flexibility index (Phi) is 6.04. The van der Waals surface area contributed by atoms with Crippen molar-refractivity contribution in [2.75, 3.05) is 19.6 Å². The van der Waals surface area contributed by atoms with Crippen molar-refractivity contribution in [3.63, 3.8) is 0 Å². The van der Waals surface area contributed by atoms with E-state index in [1.54, 1.807) is 0 Å². The van der Waals surface area contributed by atoms with Gasteiger partial charge in [-0.1, -0.05) is 19.9 Å². The van der Waals surface area contributed by atoms with Crippen LogP contribution in [0.1, 0.15) is 26.3 Å². The highest BCUT2D eigenvalue weighted by molar-refractivity contribution is 5.07. The third-order valence-corrected chi connectivity index (χ3v) is 2.80. The number of hydrogen-bond donors (Lipinski definition) is 1. The van der Waals surface area contributed by atoms with Crippen molar-refractivity contribution >= 4 is 0 Å². The van der Waals surface area contributed by atoms with Crippen LogP contribution in [0.15, 0.2) is 24.5 Å². The van der Waals surface area contributed by atoms with E-state index in [0.717, 1.165) is 26.2 Å². The Hall–Kier alpha value is -0.930. The van der Waals surface area contributed by atoms with Gasteiger partial charge in [0.25, 0.3) is 0 Å². The molecule has 0 bridgehead atoms. The fraction of sp³-hybridized carbons (Fsp3) is 0.615. The molecule has 1 N–H and O–H groups in total. The van der Waals surface area contributed by atoms with Crippen molar-refractivity contribution in [1.29, 1.82) is 0 Å². The van der Waals surface area contributed by atoms with E-state index in [0.29, 0.717) is 6.04 Å². The summed E-state index contributed by atoms with van der Waals surface area (Å²) in [5.41, 5.74) is 1.24. The smallest absolute Gasteiger partial charge is 0.0312 e. The monoisotopic (exact) mass is 221 g/mol. The summed E-state index contributed by atoms with van der Waals surface area (Å²) in [5.74, 6) is 0. The number of likely N-dealkylation sites (N-methyl/N-ethyl adjacent to an activating group) is 1. The van der Waals surface area contributed by atoms with Crippen LogP contribution < -0.4 is 5.32 Å². The van der Waals surface area contributed by atoms with Crippen molar-refractivity contribution in [3.05, 3.63) is 30.1 Å². The van der Waals surface area contributed by atoms with Crippen LogP contribution in [0.25, 0.3) is 0 Å². The molecule has 3 heteroatoms. The fourth-order valence-corrected chi connectivity index (χ4v) is 1.73. The Balaban J connectivity index is 2.27. The molecule has 0 aliphatic heterocycles. The number of pyridine rings is 1. The van der Waals surface area contributed by atoms with Crippen molar-refractivity contribution in [2.24, 2.45) is 0 Å². The molecule has 1 atom stereocenters. The zero-order valence-corrected chi connectivity index (χ0v) is 10.6. The summed E-state index contributed by atoms with van der Waals surface area (Å²) in [6, 6.07) is 4.59. The van der Waals surface area contributed by atoms with Gasteiger partial charge in [0.1, 0.15) is 0 Å². The van der Waals surface area contributed by atoms with Gasteiger partial charge < -0.3 is 10.2 Å². The van der Waals surface area contributed by atoms with E-state index in [9.17, 15) is 0 Å². The van der Waals surface area contributed by atoms with E-state index in [-0.39, 0.29) is 0 Å². The molecule has 0 fully saturated rings. The number of aromatic nitrogens is 1. The normalized spacial score (nSPS) is 13.0. The molecular weight excluding hydrogens is 198 g/mol. The second-order valence-electron chi connectivity index (χ2n) is 4.13. The third kappa shape index (κ3) is 4.73. The van der Waals surface area contributed by atoms with Crippen molar-refractivity contribution in [2.45, 2.75) is 33.4 Å². The van der Waals surface area contributed by atoms with Crippen LogP contribution in [0.5, 0.6) is 0 Å². The van der Waals surface area contributed by atoms with Crippen LogP contribution >= 0.6 is 0 Å². The second kappa shape index (κ2) is 7.36. The first-order valence-corrected chi connectivity index (χ1v) is 6.10. The molecule has 0 spiro atoms. The SMILES string of the molecule is CCN(CC)CC(C)NCc1cccnc1. The molecule has 1 rings (SSSR count). The van der Waals surface area contributed by atoms with E-state index in [1.165, 1.54) is 5.56 Å². The zero-order valence-electron chi connectivity index (χ0n) is 10.6. The predicted molar refractivity (Wildman–Crippen MR) is 68.3 cm³/mol. The summed E-state index contributed by atoms with van der Waals surface area (Å²) in [5, 5.41) is 3.52. The fourth-order valence-electron chi connectivity index (χ4n) is 1.73. The van der Waals surface area contributed by atoms with Crippen molar-refractivity contribution in [3.8, 4) is 0 Å². The van der Waals surface area contributed by atoms with E-state index in [2.05, 4.69) is 42.0 Å². The Morgan fingerprint density at radius 3 is 2.69 bits per heavy atom. The summed E-state index contributed by atoms with van der Waals surface area (Å²) in [6.07, 6.45) is 3.72. The molecule has 16 heavy (non-hydrogen) atoms. The first kappa shape index (κ1) is 13.1. The van der Waals surface area contributed by atoms with Crippen LogP contribution in [0, 0.1) is 0 Å². The van der Waals surface area contributed by atoms with Gasteiger partial charge in [0.05, 0.1) is 0 Å². The zero-order chi connectivity index (χ0) is 11.8. The third-order valence-electron chi connectivity index (χ3n) is 2.80. The molecule has 0 saturated carbocycles. The average Bonchev–Trinajstić information content (AvgIpc) is 2.34. The molecule has 0 saturated heterocycles. The molecule has 90 valence electrons. The molecule has 1 heterocycles. The topological polar surface area (TPSA) is 28.2 Å². The maximum absolute atomic E-state index is 4.11. The number of nitrogens with zero attached hydrogens (tertiary/aromatic N) is 2. The lowest BCUT2D eigenvalue weighted by Crippen LogP contribution is -2.38. The molecule has 1 unspecified atom stereocenters. The van der Waals surface area contributed by atoms with Crippen LogP contribution in [-0.4, -0.2) is 35.6 Å². The van der Waals surface area contributed by atoms with Gasteiger partial charge in [-0.15, -0.1) is 0 Å². The Morgan fingerprint density at radius 2 is 2.12 bits per heavy atom. The van der Waals surface area contributed by atoms with E-state index in [1.807, 2.05) is 18.5 Å². The second-order valence-corrected chi connectivity index (χ2v) is 4.13. The van der Waals surface area contributed by atoms with Gasteiger partial charge in [-0.25, -0.2) is 0 Å². The Bertz CT molecular complexity index is 270. The first-order valence-electron chi connectivity index (χ1n) is 6.10. The van der Waals surface area contributed by atoms with E-state index < -0.39 is 0 Å². The molecule has 0 radical (unpaired) electrons. The molecule has 0 aliphatic carbocycles. The molecule has 0 aliphatic rings. The van der Waals surface area contributed by atoms with Gasteiger partial charge in [-0.05, 0) is 31.6 Å². The van der Waals surface area contributed by atoms with Gasteiger partial charge in [-0.3, -0.25) is 4.98 Å². The van der Waals surface area contributed by atoms with Gasteiger partial charge in [0.15, 0.2) is 0 Å². The van der Waals surface area contributed by atoms with Crippen LogP contribution in [0.3, 0.4) is 0 Å². The molecule has 1 aromatic heterocycles. The highest BCUT2D eigenvalue weighted by Gasteiger charge is 2.06. The largest absolute Gasteiger partial charge is 0.309 e. The van der Waals surface area contributed by atoms with Crippen LogP contribution in [0.4, 0.5) is 0 Å². The average molecular weight is 221 g/mol. The number of hydrogen-bond acceptors (Lipinski definition) is 3. The minimum Gasteiger partial charge on any atom is -0.309 e. The minimum atomic E-state index is 0.514. The highest BCUT2D eigenvalue weighted by Crippen LogP contribution is 1.97. The quantitative estimate of drug-likeness (QED) is 0.762. The summed E-state index contributed by atoms with van der Waals surface area (Å²) in [6.45, 7) is 10.9. The van der Waals surface area contributed by atoms with Gasteiger partial charge in [0, 0.05) is 31.5 Å². The van der Waals surface area contributed by atoms with Gasteiger partial charge in [-0.2, -0.15) is 0 Å². The van der Waals surface area contributed by atoms with E-state index in [4.69, 9.17) is 0 Å². The number of nitrogens with one attached hydrogen (secondary N) is 1.